The number of hydrogen-bond acceptors (Lipinski definition) is 2. The van der Waals surface area contributed by atoms with Crippen LogP contribution in [0.1, 0.15) is 30.7 Å². The minimum Gasteiger partial charge on any atom is -0.353 e. The van der Waals surface area contributed by atoms with Crippen LogP contribution in [0.2, 0.25) is 0 Å². The summed E-state index contributed by atoms with van der Waals surface area (Å²) in [5.74, 6) is -0.270. The average molecular weight is 236 g/mol. The summed E-state index contributed by atoms with van der Waals surface area (Å²) in [4.78, 5) is 11.7. The number of nitrogens with one attached hydrogen (secondary N) is 1. The molecule has 1 saturated carbocycles. The molecular formula is C13H17FN2O. The number of benzene rings is 1. The summed E-state index contributed by atoms with van der Waals surface area (Å²) in [5, 5.41) is 2.93. The quantitative estimate of drug-likeness (QED) is 0.814. The SMILES string of the molecule is NCC(CC(=O)NC1CC1)c1ccc(F)cc1. The van der Waals surface area contributed by atoms with E-state index in [4.69, 9.17) is 5.73 Å². The molecule has 4 heteroatoms. The molecule has 1 fully saturated rings. The Morgan fingerprint density at radius 3 is 2.59 bits per heavy atom. The first kappa shape index (κ1) is 12.0. The number of amides is 1. The van der Waals surface area contributed by atoms with E-state index in [1.807, 2.05) is 0 Å². The van der Waals surface area contributed by atoms with Crippen LogP contribution in [0.25, 0.3) is 0 Å². The largest absolute Gasteiger partial charge is 0.353 e. The highest BCUT2D eigenvalue weighted by Crippen LogP contribution is 2.22. The van der Waals surface area contributed by atoms with Crippen molar-refractivity contribution in [2.24, 2.45) is 5.73 Å². The summed E-state index contributed by atoms with van der Waals surface area (Å²) in [7, 11) is 0. The molecular weight excluding hydrogens is 219 g/mol. The highest BCUT2D eigenvalue weighted by molar-refractivity contribution is 5.77. The van der Waals surface area contributed by atoms with Crippen LogP contribution >= 0.6 is 0 Å². The molecule has 0 aromatic heterocycles. The number of carbonyl (C=O) groups is 1. The third-order valence-corrected chi connectivity index (χ3v) is 3.00. The van der Waals surface area contributed by atoms with Gasteiger partial charge in [0.05, 0.1) is 0 Å². The third-order valence-electron chi connectivity index (χ3n) is 3.00. The smallest absolute Gasteiger partial charge is 0.220 e. The molecule has 2 rings (SSSR count). The van der Waals surface area contributed by atoms with Gasteiger partial charge in [0.25, 0.3) is 0 Å². The molecule has 1 amide bonds. The zero-order valence-electron chi connectivity index (χ0n) is 9.66. The molecule has 0 aliphatic heterocycles. The second-order valence-corrected chi connectivity index (χ2v) is 4.53. The summed E-state index contributed by atoms with van der Waals surface area (Å²) >= 11 is 0. The lowest BCUT2D eigenvalue weighted by molar-refractivity contribution is -0.121. The van der Waals surface area contributed by atoms with Gasteiger partial charge in [-0.2, -0.15) is 0 Å². The summed E-state index contributed by atoms with van der Waals surface area (Å²) in [5.41, 5.74) is 6.58. The number of hydrogen-bond donors (Lipinski definition) is 2. The van der Waals surface area contributed by atoms with Crippen molar-refractivity contribution in [2.75, 3.05) is 6.54 Å². The fourth-order valence-electron chi connectivity index (χ4n) is 1.81. The normalized spacial score (nSPS) is 16.6. The van der Waals surface area contributed by atoms with E-state index in [1.54, 1.807) is 12.1 Å². The summed E-state index contributed by atoms with van der Waals surface area (Å²) in [6, 6.07) is 6.55. The van der Waals surface area contributed by atoms with Gasteiger partial charge >= 0.3 is 0 Å². The van der Waals surface area contributed by atoms with Crippen molar-refractivity contribution < 1.29 is 9.18 Å². The topological polar surface area (TPSA) is 55.1 Å². The molecule has 1 atom stereocenters. The molecule has 1 aromatic rings. The van der Waals surface area contributed by atoms with Crippen LogP contribution in [-0.2, 0) is 4.79 Å². The molecule has 1 aromatic carbocycles. The zero-order valence-corrected chi connectivity index (χ0v) is 9.66. The van der Waals surface area contributed by atoms with Crippen molar-refractivity contribution in [3.8, 4) is 0 Å². The predicted octanol–water partition coefficient (Wildman–Crippen LogP) is 1.54. The first-order chi connectivity index (χ1) is 8.19. The molecule has 3 N–H and O–H groups in total. The van der Waals surface area contributed by atoms with Gasteiger partial charge in [-0.15, -0.1) is 0 Å². The highest BCUT2D eigenvalue weighted by atomic mass is 19.1. The molecule has 0 spiro atoms. The Morgan fingerprint density at radius 1 is 1.41 bits per heavy atom. The minimum absolute atomic E-state index is 0.0330. The highest BCUT2D eigenvalue weighted by Gasteiger charge is 2.24. The minimum atomic E-state index is -0.271. The van der Waals surface area contributed by atoms with Gasteiger partial charge in [-0.25, -0.2) is 4.39 Å². The fourth-order valence-corrected chi connectivity index (χ4v) is 1.81. The van der Waals surface area contributed by atoms with E-state index >= 15 is 0 Å². The van der Waals surface area contributed by atoms with Crippen LogP contribution in [0.15, 0.2) is 24.3 Å². The monoisotopic (exact) mass is 236 g/mol. The van der Waals surface area contributed by atoms with Crippen molar-refractivity contribution in [2.45, 2.75) is 31.2 Å². The first-order valence-electron chi connectivity index (χ1n) is 5.94. The maximum atomic E-state index is 12.8. The number of rotatable bonds is 5. The van der Waals surface area contributed by atoms with Gasteiger partial charge in [0.2, 0.25) is 5.91 Å². The van der Waals surface area contributed by atoms with Gasteiger partial charge in [0, 0.05) is 18.4 Å². The van der Waals surface area contributed by atoms with E-state index in [1.165, 1.54) is 12.1 Å². The van der Waals surface area contributed by atoms with Crippen molar-refractivity contribution in [1.82, 2.24) is 5.32 Å². The van der Waals surface area contributed by atoms with Gasteiger partial charge in [0.1, 0.15) is 5.82 Å². The van der Waals surface area contributed by atoms with Gasteiger partial charge < -0.3 is 11.1 Å². The number of nitrogens with two attached hydrogens (primary N) is 1. The Bertz CT molecular complexity index is 387. The Balaban J connectivity index is 1.94. The molecule has 1 unspecified atom stereocenters. The first-order valence-corrected chi connectivity index (χ1v) is 5.94. The van der Waals surface area contributed by atoms with Crippen LogP contribution in [0.5, 0.6) is 0 Å². The van der Waals surface area contributed by atoms with Crippen molar-refractivity contribution >= 4 is 5.91 Å². The molecule has 0 heterocycles. The summed E-state index contributed by atoms with van der Waals surface area (Å²) < 4.78 is 12.8. The molecule has 17 heavy (non-hydrogen) atoms. The van der Waals surface area contributed by atoms with Crippen LogP contribution in [0, 0.1) is 5.82 Å². The fraction of sp³-hybridized carbons (Fsp3) is 0.462. The van der Waals surface area contributed by atoms with E-state index in [0.29, 0.717) is 19.0 Å². The van der Waals surface area contributed by atoms with E-state index in [0.717, 1.165) is 18.4 Å². The second kappa shape index (κ2) is 5.27. The predicted molar refractivity (Wildman–Crippen MR) is 64.0 cm³/mol. The maximum absolute atomic E-state index is 12.8. The van der Waals surface area contributed by atoms with Crippen LogP contribution in [-0.4, -0.2) is 18.5 Å². The third kappa shape index (κ3) is 3.53. The molecule has 0 bridgehead atoms. The number of halogens is 1. The van der Waals surface area contributed by atoms with Crippen molar-refractivity contribution in [1.29, 1.82) is 0 Å². The van der Waals surface area contributed by atoms with Gasteiger partial charge in [-0.3, -0.25) is 4.79 Å². The zero-order chi connectivity index (χ0) is 12.3. The molecule has 1 aliphatic carbocycles. The van der Waals surface area contributed by atoms with E-state index < -0.39 is 0 Å². The van der Waals surface area contributed by atoms with Crippen molar-refractivity contribution in [3.63, 3.8) is 0 Å². The Labute approximate surface area is 100 Å². The molecule has 0 radical (unpaired) electrons. The van der Waals surface area contributed by atoms with Gasteiger partial charge in [-0.1, -0.05) is 12.1 Å². The molecule has 0 saturated heterocycles. The Morgan fingerprint density at radius 2 is 2.06 bits per heavy atom. The van der Waals surface area contributed by atoms with Crippen LogP contribution in [0.3, 0.4) is 0 Å². The standard InChI is InChI=1S/C13H17FN2O/c14-11-3-1-9(2-4-11)10(8-15)7-13(17)16-12-5-6-12/h1-4,10,12H,5-8,15H2,(H,16,17). The van der Waals surface area contributed by atoms with Crippen molar-refractivity contribution in [3.05, 3.63) is 35.6 Å². The van der Waals surface area contributed by atoms with Crippen LogP contribution < -0.4 is 11.1 Å². The average Bonchev–Trinajstić information content (AvgIpc) is 3.11. The maximum Gasteiger partial charge on any atom is 0.220 e. The van der Waals surface area contributed by atoms with Gasteiger partial charge in [-0.05, 0) is 37.1 Å². The molecule has 92 valence electrons. The van der Waals surface area contributed by atoms with E-state index in [-0.39, 0.29) is 17.6 Å². The lowest BCUT2D eigenvalue weighted by atomic mass is 9.95. The van der Waals surface area contributed by atoms with Gasteiger partial charge in [0.15, 0.2) is 0 Å². The van der Waals surface area contributed by atoms with E-state index in [9.17, 15) is 9.18 Å². The lowest BCUT2D eigenvalue weighted by Crippen LogP contribution is -2.28. The van der Waals surface area contributed by atoms with Crippen LogP contribution in [0.4, 0.5) is 4.39 Å². The number of carbonyl (C=O) groups excluding carboxylic acids is 1. The Hall–Kier alpha value is -1.42. The molecule has 3 nitrogen and oxygen atoms in total. The Kier molecular flexibility index (Phi) is 3.74. The van der Waals surface area contributed by atoms with E-state index in [2.05, 4.69) is 5.32 Å². The summed E-state index contributed by atoms with van der Waals surface area (Å²) in [6.07, 6.45) is 2.53. The second-order valence-electron chi connectivity index (χ2n) is 4.53. The lowest BCUT2D eigenvalue weighted by Gasteiger charge is -2.14. The summed E-state index contributed by atoms with van der Waals surface area (Å²) in [6.45, 7) is 0.393. The molecule has 1 aliphatic rings.